The second-order valence-electron chi connectivity index (χ2n) is 7.65. The Morgan fingerprint density at radius 2 is 1.74 bits per heavy atom. The molecule has 0 bridgehead atoms. The molecule has 5 nitrogen and oxygen atoms in total. The molecule has 0 aromatic carbocycles. The fourth-order valence-electron chi connectivity index (χ4n) is 4.38. The van der Waals surface area contributed by atoms with Crippen LogP contribution in [0.4, 0.5) is 0 Å². The first kappa shape index (κ1) is 17.6. The molecule has 0 aromatic rings. The lowest BCUT2D eigenvalue weighted by Gasteiger charge is -2.44. The Balaban J connectivity index is 1.54. The summed E-state index contributed by atoms with van der Waals surface area (Å²) in [6.45, 7) is 6.23. The van der Waals surface area contributed by atoms with Crippen molar-refractivity contribution >= 4 is 10.0 Å². The molecule has 0 aromatic heterocycles. The number of hydrogen-bond donors (Lipinski definition) is 0. The quantitative estimate of drug-likeness (QED) is 0.706. The molecule has 0 radical (unpaired) electrons. The summed E-state index contributed by atoms with van der Waals surface area (Å²) in [5.41, 5.74) is 0. The third kappa shape index (κ3) is 4.68. The predicted octanol–water partition coefficient (Wildman–Crippen LogP) is 1.75. The summed E-state index contributed by atoms with van der Waals surface area (Å²) in [6, 6.07) is 0.918. The van der Waals surface area contributed by atoms with Gasteiger partial charge in [-0.1, -0.05) is 6.42 Å². The summed E-state index contributed by atoms with van der Waals surface area (Å²) in [4.78, 5) is 5.03. The standard InChI is InChI=1S/C17H33N3O2S/c1-23(21,22)20(14-6-12-18-10-2-3-11-18)17-9-5-13-19(15-17)16-7-4-8-16/h16-17H,2-15H2,1H3. The summed E-state index contributed by atoms with van der Waals surface area (Å²) in [6.07, 6.45) is 11.1. The molecule has 3 fully saturated rings. The predicted molar refractivity (Wildman–Crippen MR) is 94.1 cm³/mol. The van der Waals surface area contributed by atoms with Gasteiger partial charge in [0.2, 0.25) is 10.0 Å². The topological polar surface area (TPSA) is 43.9 Å². The van der Waals surface area contributed by atoms with E-state index in [4.69, 9.17) is 0 Å². The minimum absolute atomic E-state index is 0.193. The SMILES string of the molecule is CS(=O)(=O)N(CCCN1CCCC1)C1CCCN(C2CCC2)C1. The van der Waals surface area contributed by atoms with E-state index in [0.29, 0.717) is 6.54 Å². The second kappa shape index (κ2) is 7.81. The van der Waals surface area contributed by atoms with Crippen LogP contribution in [0.1, 0.15) is 51.4 Å². The molecule has 0 amide bonds. The molecule has 0 spiro atoms. The van der Waals surface area contributed by atoms with Gasteiger partial charge in [-0.15, -0.1) is 0 Å². The van der Waals surface area contributed by atoms with Gasteiger partial charge in [-0.25, -0.2) is 8.42 Å². The van der Waals surface area contributed by atoms with Crippen LogP contribution in [0.25, 0.3) is 0 Å². The van der Waals surface area contributed by atoms with Gasteiger partial charge >= 0.3 is 0 Å². The van der Waals surface area contributed by atoms with E-state index in [1.807, 2.05) is 4.31 Å². The van der Waals surface area contributed by atoms with Crippen LogP contribution in [0.3, 0.4) is 0 Å². The Bertz CT molecular complexity index is 472. The van der Waals surface area contributed by atoms with Gasteiger partial charge in [-0.3, -0.25) is 4.90 Å². The first-order valence-electron chi connectivity index (χ1n) is 9.47. The van der Waals surface area contributed by atoms with Crippen molar-refractivity contribution < 1.29 is 8.42 Å². The molecular formula is C17H33N3O2S. The van der Waals surface area contributed by atoms with E-state index in [1.165, 1.54) is 51.4 Å². The third-order valence-electron chi connectivity index (χ3n) is 5.90. The van der Waals surface area contributed by atoms with E-state index in [9.17, 15) is 8.42 Å². The highest BCUT2D eigenvalue weighted by Gasteiger charge is 2.34. The van der Waals surface area contributed by atoms with Crippen molar-refractivity contribution in [2.24, 2.45) is 0 Å². The molecule has 134 valence electrons. The van der Waals surface area contributed by atoms with Crippen molar-refractivity contribution in [3.63, 3.8) is 0 Å². The van der Waals surface area contributed by atoms with Crippen LogP contribution in [0, 0.1) is 0 Å². The highest BCUT2D eigenvalue weighted by Crippen LogP contribution is 2.29. The molecule has 2 saturated heterocycles. The summed E-state index contributed by atoms with van der Waals surface area (Å²) < 4.78 is 26.4. The summed E-state index contributed by atoms with van der Waals surface area (Å²) in [5.74, 6) is 0. The first-order valence-corrected chi connectivity index (χ1v) is 11.3. The van der Waals surface area contributed by atoms with Crippen molar-refractivity contribution in [1.29, 1.82) is 0 Å². The Kier molecular flexibility index (Phi) is 5.99. The van der Waals surface area contributed by atoms with Crippen LogP contribution in [0.5, 0.6) is 0 Å². The zero-order chi connectivity index (χ0) is 16.3. The number of nitrogens with zero attached hydrogens (tertiary/aromatic N) is 3. The van der Waals surface area contributed by atoms with E-state index >= 15 is 0 Å². The molecule has 2 aliphatic heterocycles. The maximum Gasteiger partial charge on any atom is 0.211 e. The minimum atomic E-state index is -3.11. The van der Waals surface area contributed by atoms with Crippen LogP contribution < -0.4 is 0 Å². The fourth-order valence-corrected chi connectivity index (χ4v) is 5.55. The highest BCUT2D eigenvalue weighted by molar-refractivity contribution is 7.88. The number of likely N-dealkylation sites (tertiary alicyclic amines) is 2. The summed E-state index contributed by atoms with van der Waals surface area (Å²) >= 11 is 0. The van der Waals surface area contributed by atoms with Crippen molar-refractivity contribution in [3.8, 4) is 0 Å². The Labute approximate surface area is 142 Å². The fraction of sp³-hybridized carbons (Fsp3) is 1.00. The van der Waals surface area contributed by atoms with Gasteiger partial charge < -0.3 is 4.90 Å². The number of sulfonamides is 1. The van der Waals surface area contributed by atoms with Crippen LogP contribution in [0.15, 0.2) is 0 Å². The lowest BCUT2D eigenvalue weighted by atomic mass is 9.89. The molecule has 1 saturated carbocycles. The van der Waals surface area contributed by atoms with Gasteiger partial charge in [0.05, 0.1) is 6.26 Å². The lowest BCUT2D eigenvalue weighted by Crippen LogP contribution is -2.54. The second-order valence-corrected chi connectivity index (χ2v) is 9.59. The molecule has 1 atom stereocenters. The van der Waals surface area contributed by atoms with Crippen molar-refractivity contribution in [2.75, 3.05) is 45.5 Å². The molecule has 0 N–H and O–H groups in total. The maximum absolute atomic E-state index is 12.3. The van der Waals surface area contributed by atoms with Crippen LogP contribution >= 0.6 is 0 Å². The monoisotopic (exact) mass is 343 g/mol. The van der Waals surface area contributed by atoms with E-state index in [1.54, 1.807) is 0 Å². The van der Waals surface area contributed by atoms with E-state index < -0.39 is 10.0 Å². The Morgan fingerprint density at radius 1 is 1.00 bits per heavy atom. The molecule has 1 unspecified atom stereocenters. The molecule has 23 heavy (non-hydrogen) atoms. The average molecular weight is 344 g/mol. The van der Waals surface area contributed by atoms with Crippen molar-refractivity contribution in [3.05, 3.63) is 0 Å². The van der Waals surface area contributed by atoms with Gasteiger partial charge in [0.25, 0.3) is 0 Å². The number of piperidine rings is 1. The lowest BCUT2D eigenvalue weighted by molar-refractivity contribution is 0.0680. The maximum atomic E-state index is 12.3. The smallest absolute Gasteiger partial charge is 0.211 e. The molecule has 1 aliphatic carbocycles. The van der Waals surface area contributed by atoms with Crippen LogP contribution in [0.2, 0.25) is 0 Å². The number of rotatable bonds is 7. The Hall–Kier alpha value is -0.170. The third-order valence-corrected chi connectivity index (χ3v) is 7.24. The van der Waals surface area contributed by atoms with Crippen LogP contribution in [-0.2, 0) is 10.0 Å². The largest absolute Gasteiger partial charge is 0.303 e. The van der Waals surface area contributed by atoms with Gasteiger partial charge in [0, 0.05) is 25.2 Å². The van der Waals surface area contributed by atoms with E-state index in [0.717, 1.165) is 44.9 Å². The molecule has 6 heteroatoms. The zero-order valence-corrected chi connectivity index (χ0v) is 15.4. The summed E-state index contributed by atoms with van der Waals surface area (Å²) in [5, 5.41) is 0. The van der Waals surface area contributed by atoms with Crippen molar-refractivity contribution in [2.45, 2.75) is 63.5 Å². The highest BCUT2D eigenvalue weighted by atomic mass is 32.2. The van der Waals surface area contributed by atoms with Gasteiger partial charge in [-0.05, 0) is 71.1 Å². The number of hydrogen-bond acceptors (Lipinski definition) is 4. The molecule has 2 heterocycles. The van der Waals surface area contributed by atoms with E-state index in [2.05, 4.69) is 9.80 Å². The van der Waals surface area contributed by atoms with Gasteiger partial charge in [0.1, 0.15) is 0 Å². The average Bonchev–Trinajstić information content (AvgIpc) is 2.94. The zero-order valence-electron chi connectivity index (χ0n) is 14.6. The molecule has 3 rings (SSSR count). The summed E-state index contributed by atoms with van der Waals surface area (Å²) in [7, 11) is -3.11. The van der Waals surface area contributed by atoms with Gasteiger partial charge in [0.15, 0.2) is 0 Å². The minimum Gasteiger partial charge on any atom is -0.303 e. The van der Waals surface area contributed by atoms with Crippen LogP contribution in [-0.4, -0.2) is 80.1 Å². The normalized spacial score (nSPS) is 28.3. The Morgan fingerprint density at radius 3 is 2.35 bits per heavy atom. The van der Waals surface area contributed by atoms with E-state index in [-0.39, 0.29) is 6.04 Å². The molecule has 3 aliphatic rings. The van der Waals surface area contributed by atoms with Gasteiger partial charge in [-0.2, -0.15) is 4.31 Å². The van der Waals surface area contributed by atoms with Crippen molar-refractivity contribution in [1.82, 2.24) is 14.1 Å². The molecular weight excluding hydrogens is 310 g/mol. The first-order chi connectivity index (χ1) is 11.0.